The van der Waals surface area contributed by atoms with Gasteiger partial charge in [-0.15, -0.1) is 0 Å². The normalized spacial score (nSPS) is 11.4. The van der Waals surface area contributed by atoms with Gasteiger partial charge in [0, 0.05) is 5.56 Å². The molecule has 0 fully saturated rings. The lowest BCUT2D eigenvalue weighted by Crippen LogP contribution is -2.35. The maximum absolute atomic E-state index is 14.0. The second kappa shape index (κ2) is 8.91. The van der Waals surface area contributed by atoms with Gasteiger partial charge in [0.05, 0.1) is 0 Å². The monoisotopic (exact) mass is 431 g/mol. The van der Waals surface area contributed by atoms with Crippen molar-refractivity contribution in [3.05, 3.63) is 139 Å². The third-order valence-electron chi connectivity index (χ3n) is 6.06. The second-order valence-corrected chi connectivity index (χ2v) is 11.4. The molecule has 0 heterocycles. The molecule has 0 spiro atoms. The van der Waals surface area contributed by atoms with E-state index in [-0.39, 0.29) is 5.78 Å². The van der Waals surface area contributed by atoms with Crippen LogP contribution in [0.4, 0.5) is 0 Å². The fraction of sp³-hybridized carbons (Fsp3) is 0.0333. The average Bonchev–Trinajstić information content (AvgIpc) is 2.88. The zero-order valence-electron chi connectivity index (χ0n) is 17.8. The van der Waals surface area contributed by atoms with Crippen LogP contribution in [-0.2, 0) is 0 Å². The number of carbonyl (C=O) groups excluding carboxylic acids is 1. The van der Waals surface area contributed by atoms with Crippen LogP contribution in [0.2, 0.25) is 0 Å². The molecular weight excluding hydrogens is 407 g/mol. The van der Waals surface area contributed by atoms with Gasteiger partial charge in [-0.25, -0.2) is 0 Å². The Bertz CT molecular complexity index is 1240. The van der Waals surface area contributed by atoms with Crippen LogP contribution in [-0.4, -0.2) is 11.9 Å². The molecule has 2 heteroatoms. The molecule has 1 nitrogen and oxygen atoms in total. The van der Waals surface area contributed by atoms with Crippen molar-refractivity contribution in [2.24, 2.45) is 0 Å². The molecule has 0 aliphatic rings. The first-order valence-corrected chi connectivity index (χ1v) is 12.8. The molecule has 154 valence electrons. The van der Waals surface area contributed by atoms with E-state index in [9.17, 15) is 4.79 Å². The highest BCUT2D eigenvalue weighted by Crippen LogP contribution is 2.55. The van der Waals surface area contributed by atoms with Crippen molar-refractivity contribution in [1.82, 2.24) is 0 Å². The molecule has 0 bridgehead atoms. The zero-order chi connectivity index (χ0) is 21.8. The molecule has 0 N–H and O–H groups in total. The standard InChI is InChI=1S/C30H24OP/c31-30(29-22-12-14-24-13-10-11-21-28(24)29)23-32(25-15-4-1-5-16-25,26-17-6-2-7-18-26)27-19-8-3-9-20-27/h1-22H,23H2/q+1. The lowest BCUT2D eigenvalue weighted by atomic mass is 10.0. The maximum atomic E-state index is 14.0. The van der Waals surface area contributed by atoms with Gasteiger partial charge >= 0.3 is 0 Å². The first-order valence-electron chi connectivity index (χ1n) is 10.8. The van der Waals surface area contributed by atoms with E-state index in [1.165, 1.54) is 15.9 Å². The lowest BCUT2D eigenvalue weighted by molar-refractivity contribution is 0.102. The summed E-state index contributed by atoms with van der Waals surface area (Å²) >= 11 is 0. The van der Waals surface area contributed by atoms with E-state index in [1.54, 1.807) is 0 Å². The van der Waals surface area contributed by atoms with E-state index >= 15 is 0 Å². The lowest BCUT2D eigenvalue weighted by Gasteiger charge is -2.27. The Morgan fingerprint density at radius 3 is 1.47 bits per heavy atom. The molecule has 5 aromatic rings. The van der Waals surface area contributed by atoms with Gasteiger partial charge in [0.1, 0.15) is 29.3 Å². The van der Waals surface area contributed by atoms with Gasteiger partial charge in [0.2, 0.25) is 5.78 Å². The van der Waals surface area contributed by atoms with Crippen LogP contribution < -0.4 is 15.9 Å². The maximum Gasteiger partial charge on any atom is 0.201 e. The molecule has 32 heavy (non-hydrogen) atoms. The molecule has 0 aromatic heterocycles. The minimum Gasteiger partial charge on any atom is -0.290 e. The van der Waals surface area contributed by atoms with E-state index in [0.29, 0.717) is 6.16 Å². The molecule has 0 atom stereocenters. The Balaban J connectivity index is 1.74. The predicted molar refractivity (Wildman–Crippen MR) is 138 cm³/mol. The molecular formula is C30H24OP+. The molecule has 0 radical (unpaired) electrons. The fourth-order valence-electron chi connectivity index (χ4n) is 4.54. The van der Waals surface area contributed by atoms with Crippen LogP contribution in [0.5, 0.6) is 0 Å². The predicted octanol–water partition coefficient (Wildman–Crippen LogP) is 6.02. The molecule has 0 saturated carbocycles. The topological polar surface area (TPSA) is 17.1 Å². The third-order valence-corrected chi connectivity index (χ3v) is 10.4. The van der Waals surface area contributed by atoms with Crippen molar-refractivity contribution in [3.63, 3.8) is 0 Å². The van der Waals surface area contributed by atoms with Gasteiger partial charge in [-0.2, -0.15) is 0 Å². The van der Waals surface area contributed by atoms with Crippen LogP contribution in [0.25, 0.3) is 10.8 Å². The molecule has 0 amide bonds. The molecule has 0 aliphatic carbocycles. The second-order valence-electron chi connectivity index (χ2n) is 7.92. The minimum atomic E-state index is -2.20. The SMILES string of the molecule is O=C(C[P+](c1ccccc1)(c1ccccc1)c1ccccc1)c1cccc2ccccc12. The number of benzene rings is 5. The van der Waals surface area contributed by atoms with E-state index in [0.717, 1.165) is 16.3 Å². The molecule has 5 rings (SSSR count). The van der Waals surface area contributed by atoms with Crippen LogP contribution in [0.15, 0.2) is 133 Å². The summed E-state index contributed by atoms with van der Waals surface area (Å²) in [4.78, 5) is 14.0. The summed E-state index contributed by atoms with van der Waals surface area (Å²) in [6.45, 7) is 0. The summed E-state index contributed by atoms with van der Waals surface area (Å²) in [5.41, 5.74) is 0.801. The van der Waals surface area contributed by atoms with Crippen LogP contribution >= 0.6 is 7.26 Å². The highest BCUT2D eigenvalue weighted by Gasteiger charge is 2.47. The minimum absolute atomic E-state index is 0.187. The van der Waals surface area contributed by atoms with E-state index in [1.807, 2.05) is 42.5 Å². The summed E-state index contributed by atoms with van der Waals surface area (Å²) < 4.78 is 0. The number of hydrogen-bond acceptors (Lipinski definition) is 1. The Morgan fingerprint density at radius 2 is 0.938 bits per heavy atom. The number of rotatable bonds is 6. The van der Waals surface area contributed by atoms with E-state index < -0.39 is 7.26 Å². The van der Waals surface area contributed by atoms with E-state index in [4.69, 9.17) is 0 Å². The number of hydrogen-bond donors (Lipinski definition) is 0. The molecule has 0 aliphatic heterocycles. The van der Waals surface area contributed by atoms with E-state index in [2.05, 4.69) is 91.0 Å². The first kappa shape index (κ1) is 20.4. The van der Waals surface area contributed by atoms with Gasteiger partial charge in [-0.05, 0) is 47.2 Å². The van der Waals surface area contributed by atoms with Crippen molar-refractivity contribution < 1.29 is 4.79 Å². The zero-order valence-corrected chi connectivity index (χ0v) is 18.7. The largest absolute Gasteiger partial charge is 0.290 e. The van der Waals surface area contributed by atoms with Gasteiger partial charge in [-0.3, -0.25) is 4.79 Å². The Hall–Kier alpha value is -3.54. The van der Waals surface area contributed by atoms with Crippen LogP contribution in [0, 0.1) is 0 Å². The van der Waals surface area contributed by atoms with Crippen molar-refractivity contribution in [3.8, 4) is 0 Å². The highest BCUT2D eigenvalue weighted by atomic mass is 31.2. The van der Waals surface area contributed by atoms with Crippen molar-refractivity contribution in [2.45, 2.75) is 0 Å². The smallest absolute Gasteiger partial charge is 0.201 e. The van der Waals surface area contributed by atoms with Crippen molar-refractivity contribution >= 4 is 39.7 Å². The van der Waals surface area contributed by atoms with Gasteiger partial charge < -0.3 is 0 Å². The molecule has 0 saturated heterocycles. The summed E-state index contributed by atoms with van der Waals surface area (Å²) in [5, 5.41) is 5.80. The number of carbonyl (C=O) groups is 1. The Morgan fingerprint density at radius 1 is 0.500 bits per heavy atom. The first-order chi connectivity index (χ1) is 15.8. The summed E-state index contributed by atoms with van der Waals surface area (Å²) in [6, 6.07) is 45.9. The number of fused-ring (bicyclic) bond motifs is 1. The Kier molecular flexibility index (Phi) is 5.67. The molecule has 5 aromatic carbocycles. The van der Waals surface area contributed by atoms with Gasteiger partial charge in [0.25, 0.3) is 0 Å². The summed E-state index contributed by atoms with van der Waals surface area (Å²) in [7, 11) is -2.20. The molecule has 0 unspecified atom stereocenters. The quantitative estimate of drug-likeness (QED) is 0.237. The number of ketones is 1. The van der Waals surface area contributed by atoms with Crippen molar-refractivity contribution in [1.29, 1.82) is 0 Å². The van der Waals surface area contributed by atoms with Crippen LogP contribution in [0.1, 0.15) is 10.4 Å². The van der Waals surface area contributed by atoms with Gasteiger partial charge in [0.15, 0.2) is 0 Å². The van der Waals surface area contributed by atoms with Crippen molar-refractivity contribution in [2.75, 3.05) is 6.16 Å². The van der Waals surface area contributed by atoms with Crippen LogP contribution in [0.3, 0.4) is 0 Å². The Labute approximate surface area is 189 Å². The number of Topliss-reactive ketones (excluding diaryl/α,β-unsaturated/α-hetero) is 1. The van der Waals surface area contributed by atoms with Gasteiger partial charge in [-0.1, -0.05) is 97.1 Å². The third kappa shape index (κ3) is 3.66. The highest BCUT2D eigenvalue weighted by molar-refractivity contribution is 7.96. The summed E-state index contributed by atoms with van der Waals surface area (Å²) in [6.07, 6.45) is 0.457. The summed E-state index contributed by atoms with van der Waals surface area (Å²) in [5.74, 6) is 0.187. The average molecular weight is 431 g/mol. The fourth-order valence-corrected chi connectivity index (χ4v) is 8.62.